The molecule has 1 aliphatic rings. The fourth-order valence-electron chi connectivity index (χ4n) is 3.01. The third-order valence-electron chi connectivity index (χ3n) is 4.68. The van der Waals surface area contributed by atoms with Crippen molar-refractivity contribution in [1.82, 2.24) is 34.9 Å². The molecule has 0 spiro atoms. The van der Waals surface area contributed by atoms with E-state index in [0.717, 1.165) is 37.7 Å². The molecule has 1 aromatic carbocycles. The van der Waals surface area contributed by atoms with E-state index >= 15 is 0 Å². The Morgan fingerprint density at radius 3 is 2.48 bits per heavy atom. The highest BCUT2D eigenvalue weighted by Gasteiger charge is 2.27. The summed E-state index contributed by atoms with van der Waals surface area (Å²) >= 11 is 0. The van der Waals surface area contributed by atoms with Gasteiger partial charge in [-0.1, -0.05) is 18.2 Å². The molecular weight excluding hydrogens is 318 g/mol. The summed E-state index contributed by atoms with van der Waals surface area (Å²) in [6.07, 6.45) is 0. The number of amides is 1. The SMILES string of the molecule is C[C@@H](c1nnnn1-c1ccccc1)N1CCN(CC(=O)N(C)C)CC1. The lowest BCUT2D eigenvalue weighted by atomic mass is 10.2. The number of hydrogen-bond donors (Lipinski definition) is 0. The van der Waals surface area contributed by atoms with Crippen LogP contribution in [0.1, 0.15) is 18.8 Å². The van der Waals surface area contributed by atoms with E-state index in [0.29, 0.717) is 6.54 Å². The average molecular weight is 343 g/mol. The molecule has 0 N–H and O–H groups in total. The zero-order valence-corrected chi connectivity index (χ0v) is 15.0. The van der Waals surface area contributed by atoms with Gasteiger partial charge in [0.25, 0.3) is 0 Å². The number of aromatic nitrogens is 4. The van der Waals surface area contributed by atoms with Crippen molar-refractivity contribution in [1.29, 1.82) is 0 Å². The van der Waals surface area contributed by atoms with Gasteiger partial charge in [0.2, 0.25) is 5.91 Å². The first-order chi connectivity index (χ1) is 12.1. The number of piperazine rings is 1. The molecule has 8 heteroatoms. The molecule has 3 rings (SSSR count). The molecule has 0 aliphatic carbocycles. The number of carbonyl (C=O) groups excluding carboxylic acids is 1. The van der Waals surface area contributed by atoms with Crippen molar-refractivity contribution in [3.05, 3.63) is 36.2 Å². The monoisotopic (exact) mass is 343 g/mol. The first-order valence-corrected chi connectivity index (χ1v) is 8.56. The molecule has 1 fully saturated rings. The van der Waals surface area contributed by atoms with Gasteiger partial charge in [-0.25, -0.2) is 0 Å². The second-order valence-electron chi connectivity index (χ2n) is 6.56. The number of tetrazole rings is 1. The van der Waals surface area contributed by atoms with E-state index in [1.807, 2.05) is 30.3 Å². The molecule has 1 atom stereocenters. The third kappa shape index (κ3) is 4.02. The van der Waals surface area contributed by atoms with Gasteiger partial charge in [0, 0.05) is 40.3 Å². The number of benzene rings is 1. The first kappa shape index (κ1) is 17.5. The lowest BCUT2D eigenvalue weighted by Crippen LogP contribution is -2.50. The van der Waals surface area contributed by atoms with Crippen molar-refractivity contribution in [3.8, 4) is 5.69 Å². The molecule has 0 saturated carbocycles. The van der Waals surface area contributed by atoms with Crippen molar-refractivity contribution in [2.24, 2.45) is 0 Å². The highest BCUT2D eigenvalue weighted by Crippen LogP contribution is 2.21. The molecule has 134 valence electrons. The van der Waals surface area contributed by atoms with E-state index in [-0.39, 0.29) is 11.9 Å². The van der Waals surface area contributed by atoms with Gasteiger partial charge in [0.05, 0.1) is 18.3 Å². The Morgan fingerprint density at radius 1 is 1.16 bits per heavy atom. The quantitative estimate of drug-likeness (QED) is 0.784. The van der Waals surface area contributed by atoms with Gasteiger partial charge in [0.1, 0.15) is 0 Å². The lowest BCUT2D eigenvalue weighted by molar-refractivity contribution is -0.130. The van der Waals surface area contributed by atoms with Crippen LogP contribution in [0.25, 0.3) is 5.69 Å². The fraction of sp³-hybridized carbons (Fsp3) is 0.529. The minimum Gasteiger partial charge on any atom is -0.348 e. The van der Waals surface area contributed by atoms with Gasteiger partial charge in [-0.05, 0) is 29.5 Å². The molecule has 8 nitrogen and oxygen atoms in total. The first-order valence-electron chi connectivity index (χ1n) is 8.56. The summed E-state index contributed by atoms with van der Waals surface area (Å²) in [7, 11) is 3.59. The van der Waals surface area contributed by atoms with E-state index < -0.39 is 0 Å². The van der Waals surface area contributed by atoms with Crippen molar-refractivity contribution >= 4 is 5.91 Å². The Hall–Kier alpha value is -2.32. The van der Waals surface area contributed by atoms with Gasteiger partial charge in [-0.2, -0.15) is 4.68 Å². The Kier molecular flexibility index (Phi) is 5.40. The van der Waals surface area contributed by atoms with Crippen LogP contribution in [0.15, 0.2) is 30.3 Å². The third-order valence-corrected chi connectivity index (χ3v) is 4.68. The zero-order chi connectivity index (χ0) is 17.8. The van der Waals surface area contributed by atoms with Crippen LogP contribution in [0.2, 0.25) is 0 Å². The van der Waals surface area contributed by atoms with Crippen LogP contribution >= 0.6 is 0 Å². The molecule has 0 radical (unpaired) electrons. The lowest BCUT2D eigenvalue weighted by Gasteiger charge is -2.37. The molecule has 2 heterocycles. The van der Waals surface area contributed by atoms with Crippen molar-refractivity contribution in [3.63, 3.8) is 0 Å². The smallest absolute Gasteiger partial charge is 0.236 e. The summed E-state index contributed by atoms with van der Waals surface area (Å²) < 4.78 is 1.80. The molecule has 0 unspecified atom stereocenters. The Labute approximate surface area is 148 Å². The number of carbonyl (C=O) groups is 1. The van der Waals surface area contributed by atoms with Crippen LogP contribution in [0, 0.1) is 0 Å². The minimum absolute atomic E-state index is 0.113. The van der Waals surface area contributed by atoms with Gasteiger partial charge in [-0.3, -0.25) is 14.6 Å². The predicted molar refractivity (Wildman–Crippen MR) is 94.3 cm³/mol. The standard InChI is InChI=1S/C17H25N7O/c1-14(17-18-19-20-24(17)15-7-5-4-6-8-15)23-11-9-22(10-12-23)13-16(25)21(2)3/h4-8,14H,9-13H2,1-3H3/t14-/m0/s1. The summed E-state index contributed by atoms with van der Waals surface area (Å²) in [5.74, 6) is 0.985. The van der Waals surface area contributed by atoms with Gasteiger partial charge < -0.3 is 4.90 Å². The molecule has 0 bridgehead atoms. The van der Waals surface area contributed by atoms with Crippen LogP contribution in [0.4, 0.5) is 0 Å². The molecule has 25 heavy (non-hydrogen) atoms. The van der Waals surface area contributed by atoms with E-state index in [1.165, 1.54) is 0 Å². The number of hydrogen-bond acceptors (Lipinski definition) is 6. The van der Waals surface area contributed by atoms with Gasteiger partial charge in [-0.15, -0.1) is 5.10 Å². The molecule has 1 aliphatic heterocycles. The maximum atomic E-state index is 11.9. The van der Waals surface area contributed by atoms with E-state index in [9.17, 15) is 4.79 Å². The van der Waals surface area contributed by atoms with E-state index in [4.69, 9.17) is 0 Å². The molecule has 2 aromatic rings. The largest absolute Gasteiger partial charge is 0.348 e. The highest BCUT2D eigenvalue weighted by molar-refractivity contribution is 5.77. The molecular formula is C17H25N7O. The average Bonchev–Trinajstić information content (AvgIpc) is 3.12. The second-order valence-corrected chi connectivity index (χ2v) is 6.56. The highest BCUT2D eigenvalue weighted by atomic mass is 16.2. The fourth-order valence-corrected chi connectivity index (χ4v) is 3.01. The van der Waals surface area contributed by atoms with Crippen molar-refractivity contribution in [2.45, 2.75) is 13.0 Å². The Morgan fingerprint density at radius 2 is 1.84 bits per heavy atom. The maximum Gasteiger partial charge on any atom is 0.236 e. The maximum absolute atomic E-state index is 11.9. The zero-order valence-electron chi connectivity index (χ0n) is 15.0. The Balaban J connectivity index is 1.63. The van der Waals surface area contributed by atoms with Crippen LogP contribution in [0.5, 0.6) is 0 Å². The number of rotatable bonds is 5. The van der Waals surface area contributed by atoms with Crippen molar-refractivity contribution < 1.29 is 4.79 Å². The van der Waals surface area contributed by atoms with E-state index in [1.54, 1.807) is 23.7 Å². The van der Waals surface area contributed by atoms with Crippen LogP contribution in [0.3, 0.4) is 0 Å². The summed E-state index contributed by atoms with van der Waals surface area (Å²) in [6.45, 7) is 6.14. The topological polar surface area (TPSA) is 70.4 Å². The second kappa shape index (κ2) is 7.71. The summed E-state index contributed by atoms with van der Waals surface area (Å²) in [6, 6.07) is 10.0. The van der Waals surface area contributed by atoms with Crippen molar-refractivity contribution in [2.75, 3.05) is 46.8 Å². The predicted octanol–water partition coefficient (Wildman–Crippen LogP) is 0.429. The summed E-state index contributed by atoms with van der Waals surface area (Å²) in [4.78, 5) is 18.1. The summed E-state index contributed by atoms with van der Waals surface area (Å²) in [5.41, 5.74) is 0.963. The number of nitrogens with zero attached hydrogens (tertiary/aromatic N) is 7. The van der Waals surface area contributed by atoms with Crippen LogP contribution < -0.4 is 0 Å². The molecule has 1 saturated heterocycles. The number of likely N-dealkylation sites (N-methyl/N-ethyl adjacent to an activating group) is 1. The normalized spacial score (nSPS) is 17.4. The molecule has 1 aromatic heterocycles. The van der Waals surface area contributed by atoms with Crippen LogP contribution in [-0.2, 0) is 4.79 Å². The summed E-state index contributed by atoms with van der Waals surface area (Å²) in [5, 5.41) is 12.3. The minimum atomic E-state index is 0.113. The Bertz CT molecular complexity index is 692. The van der Waals surface area contributed by atoms with E-state index in [2.05, 4.69) is 32.2 Å². The van der Waals surface area contributed by atoms with Gasteiger partial charge in [0.15, 0.2) is 5.82 Å². The number of para-hydroxylation sites is 1. The van der Waals surface area contributed by atoms with Gasteiger partial charge >= 0.3 is 0 Å². The molecule has 1 amide bonds. The van der Waals surface area contributed by atoms with Crippen LogP contribution in [-0.4, -0.2) is 87.6 Å².